The van der Waals surface area contributed by atoms with E-state index in [9.17, 15) is 4.79 Å². The van der Waals surface area contributed by atoms with Crippen LogP contribution < -0.4 is 16.0 Å². The number of rotatable bonds is 6. The molecule has 1 aliphatic rings. The molecule has 1 rings (SSSR count). The largest absolute Gasteiger partial charge is 0.376 e. The minimum Gasteiger partial charge on any atom is -0.376 e. The Morgan fingerprint density at radius 1 is 1.40 bits per heavy atom. The molecule has 1 heterocycles. The van der Waals surface area contributed by atoms with Gasteiger partial charge in [0.15, 0.2) is 5.96 Å². The van der Waals surface area contributed by atoms with Gasteiger partial charge in [0.2, 0.25) is 5.91 Å². The van der Waals surface area contributed by atoms with Gasteiger partial charge in [0.25, 0.3) is 0 Å². The van der Waals surface area contributed by atoms with Gasteiger partial charge in [-0.2, -0.15) is 0 Å². The van der Waals surface area contributed by atoms with E-state index in [-0.39, 0.29) is 12.0 Å². The third-order valence-electron chi connectivity index (χ3n) is 3.34. The van der Waals surface area contributed by atoms with Crippen LogP contribution in [0.15, 0.2) is 4.99 Å². The van der Waals surface area contributed by atoms with E-state index in [1.165, 1.54) is 0 Å². The molecule has 0 saturated carbocycles. The van der Waals surface area contributed by atoms with Crippen LogP contribution in [0.3, 0.4) is 0 Å². The number of nitrogens with one attached hydrogen (secondary N) is 3. The van der Waals surface area contributed by atoms with Gasteiger partial charge in [-0.15, -0.1) is 0 Å². The monoisotopic (exact) mass is 284 g/mol. The molecule has 0 aromatic heterocycles. The number of amides is 1. The second-order valence-corrected chi connectivity index (χ2v) is 5.67. The molecule has 1 atom stereocenters. The van der Waals surface area contributed by atoms with Crippen LogP contribution in [0.1, 0.15) is 33.6 Å². The van der Waals surface area contributed by atoms with Crippen LogP contribution in [-0.4, -0.2) is 51.3 Å². The summed E-state index contributed by atoms with van der Waals surface area (Å²) in [5.74, 6) is 0.733. The zero-order valence-corrected chi connectivity index (χ0v) is 13.1. The SMILES string of the molecule is CCNC(=NCC(C)(C)C(=O)NC)NCC1CCCO1. The maximum atomic E-state index is 11.7. The van der Waals surface area contributed by atoms with Gasteiger partial charge < -0.3 is 20.7 Å². The van der Waals surface area contributed by atoms with E-state index in [1.807, 2.05) is 20.8 Å². The van der Waals surface area contributed by atoms with E-state index in [0.29, 0.717) is 6.54 Å². The Morgan fingerprint density at radius 3 is 2.70 bits per heavy atom. The van der Waals surface area contributed by atoms with Gasteiger partial charge in [-0.05, 0) is 33.6 Å². The first-order valence-electron chi connectivity index (χ1n) is 7.35. The highest BCUT2D eigenvalue weighted by Gasteiger charge is 2.26. The molecule has 0 bridgehead atoms. The summed E-state index contributed by atoms with van der Waals surface area (Å²) in [5, 5.41) is 9.13. The van der Waals surface area contributed by atoms with Gasteiger partial charge in [-0.1, -0.05) is 0 Å². The van der Waals surface area contributed by atoms with Crippen molar-refractivity contribution in [3.8, 4) is 0 Å². The molecule has 1 amide bonds. The second kappa shape index (κ2) is 8.09. The molecule has 6 heteroatoms. The second-order valence-electron chi connectivity index (χ2n) is 5.67. The molecule has 0 radical (unpaired) electrons. The summed E-state index contributed by atoms with van der Waals surface area (Å²) in [6.07, 6.45) is 2.49. The number of guanidine groups is 1. The molecule has 1 saturated heterocycles. The Hall–Kier alpha value is -1.30. The lowest BCUT2D eigenvalue weighted by molar-refractivity contribution is -0.128. The number of hydrogen-bond donors (Lipinski definition) is 3. The van der Waals surface area contributed by atoms with Gasteiger partial charge >= 0.3 is 0 Å². The van der Waals surface area contributed by atoms with Crippen LogP contribution in [0.2, 0.25) is 0 Å². The molecule has 3 N–H and O–H groups in total. The predicted molar refractivity (Wildman–Crippen MR) is 80.8 cm³/mol. The molecule has 1 fully saturated rings. The third kappa shape index (κ3) is 5.36. The number of carbonyl (C=O) groups is 1. The molecule has 0 aromatic rings. The summed E-state index contributed by atoms with van der Waals surface area (Å²) in [7, 11) is 1.65. The van der Waals surface area contributed by atoms with E-state index in [1.54, 1.807) is 7.05 Å². The number of carbonyl (C=O) groups excluding carboxylic acids is 1. The highest BCUT2D eigenvalue weighted by Crippen LogP contribution is 2.15. The molecule has 20 heavy (non-hydrogen) atoms. The van der Waals surface area contributed by atoms with E-state index in [4.69, 9.17) is 4.74 Å². The van der Waals surface area contributed by atoms with Gasteiger partial charge in [0.05, 0.1) is 18.1 Å². The van der Waals surface area contributed by atoms with Crippen molar-refractivity contribution in [1.82, 2.24) is 16.0 Å². The van der Waals surface area contributed by atoms with Gasteiger partial charge in [0, 0.05) is 26.7 Å². The van der Waals surface area contributed by atoms with Crippen molar-refractivity contribution in [2.45, 2.75) is 39.7 Å². The maximum absolute atomic E-state index is 11.7. The van der Waals surface area contributed by atoms with E-state index in [0.717, 1.165) is 38.5 Å². The highest BCUT2D eigenvalue weighted by atomic mass is 16.5. The fraction of sp³-hybridized carbons (Fsp3) is 0.857. The summed E-state index contributed by atoms with van der Waals surface area (Å²) < 4.78 is 5.57. The Bertz CT molecular complexity index is 336. The van der Waals surface area contributed by atoms with Gasteiger partial charge in [0.1, 0.15) is 0 Å². The summed E-state index contributed by atoms with van der Waals surface area (Å²) in [4.78, 5) is 16.2. The Balaban J connectivity index is 2.50. The Morgan fingerprint density at radius 2 is 2.15 bits per heavy atom. The normalized spacial score (nSPS) is 19.8. The lowest BCUT2D eigenvalue weighted by atomic mass is 9.93. The van der Waals surface area contributed by atoms with E-state index in [2.05, 4.69) is 20.9 Å². The van der Waals surface area contributed by atoms with Crippen molar-refractivity contribution >= 4 is 11.9 Å². The number of ether oxygens (including phenoxy) is 1. The molecule has 0 spiro atoms. The lowest BCUT2D eigenvalue weighted by Crippen LogP contribution is -2.43. The van der Waals surface area contributed by atoms with Crippen LogP contribution in [0.25, 0.3) is 0 Å². The van der Waals surface area contributed by atoms with Crippen molar-refractivity contribution in [3.63, 3.8) is 0 Å². The zero-order valence-electron chi connectivity index (χ0n) is 13.1. The lowest BCUT2D eigenvalue weighted by Gasteiger charge is -2.21. The van der Waals surface area contributed by atoms with Crippen molar-refractivity contribution in [2.24, 2.45) is 10.4 Å². The summed E-state index contributed by atoms with van der Waals surface area (Å²) >= 11 is 0. The number of hydrogen-bond acceptors (Lipinski definition) is 3. The third-order valence-corrected chi connectivity index (χ3v) is 3.34. The highest BCUT2D eigenvalue weighted by molar-refractivity contribution is 5.83. The Kier molecular flexibility index (Phi) is 6.78. The first-order valence-corrected chi connectivity index (χ1v) is 7.35. The van der Waals surface area contributed by atoms with Crippen molar-refractivity contribution in [1.29, 1.82) is 0 Å². The summed E-state index contributed by atoms with van der Waals surface area (Å²) in [6, 6.07) is 0. The Labute approximate surface area is 121 Å². The quantitative estimate of drug-likeness (QED) is 0.490. The molecule has 1 unspecified atom stereocenters. The first kappa shape index (κ1) is 16.8. The molecule has 116 valence electrons. The van der Waals surface area contributed by atoms with Crippen LogP contribution in [0.5, 0.6) is 0 Å². The summed E-state index contributed by atoms with van der Waals surface area (Å²) in [6.45, 7) is 8.63. The maximum Gasteiger partial charge on any atom is 0.227 e. The predicted octanol–water partition coefficient (Wildman–Crippen LogP) is 0.493. The standard InChI is InChI=1S/C14H28N4O2/c1-5-16-13(17-9-11-7-6-8-20-11)18-10-14(2,3)12(19)15-4/h11H,5-10H2,1-4H3,(H,15,19)(H2,16,17,18). The number of nitrogens with zero attached hydrogens (tertiary/aromatic N) is 1. The van der Waals surface area contributed by atoms with Crippen LogP contribution >= 0.6 is 0 Å². The molecule has 1 aliphatic heterocycles. The van der Waals surface area contributed by atoms with Crippen LogP contribution in [-0.2, 0) is 9.53 Å². The minimum absolute atomic E-state index is 0.00350. The van der Waals surface area contributed by atoms with E-state index < -0.39 is 5.41 Å². The van der Waals surface area contributed by atoms with Crippen molar-refractivity contribution < 1.29 is 9.53 Å². The molecule has 0 aliphatic carbocycles. The molecular weight excluding hydrogens is 256 g/mol. The number of aliphatic imine (C=N–C) groups is 1. The van der Waals surface area contributed by atoms with Crippen molar-refractivity contribution in [3.05, 3.63) is 0 Å². The average molecular weight is 284 g/mol. The van der Waals surface area contributed by atoms with Crippen LogP contribution in [0, 0.1) is 5.41 Å². The topological polar surface area (TPSA) is 74.8 Å². The molecule has 6 nitrogen and oxygen atoms in total. The first-order chi connectivity index (χ1) is 9.49. The summed E-state index contributed by atoms with van der Waals surface area (Å²) in [5.41, 5.74) is -0.513. The van der Waals surface area contributed by atoms with Gasteiger partial charge in [-0.25, -0.2) is 0 Å². The average Bonchev–Trinajstić information content (AvgIpc) is 2.94. The van der Waals surface area contributed by atoms with Crippen LogP contribution in [0.4, 0.5) is 0 Å². The zero-order chi connectivity index (χ0) is 15.0. The fourth-order valence-electron chi connectivity index (χ4n) is 2.04. The fourth-order valence-corrected chi connectivity index (χ4v) is 2.04. The molecule has 0 aromatic carbocycles. The van der Waals surface area contributed by atoms with Gasteiger partial charge in [-0.3, -0.25) is 9.79 Å². The van der Waals surface area contributed by atoms with Crippen molar-refractivity contribution in [2.75, 3.05) is 33.3 Å². The smallest absolute Gasteiger partial charge is 0.227 e. The minimum atomic E-state index is -0.513. The van der Waals surface area contributed by atoms with E-state index >= 15 is 0 Å². The molecular formula is C14H28N4O2.